The number of nitrogens with zero attached hydrogens (tertiary/aromatic N) is 4. The Kier molecular flexibility index (Phi) is 5.78. The average molecular weight is 374 g/mol. The molecule has 1 N–H and O–H groups in total. The maximum Gasteiger partial charge on any atom is 0.410 e. The highest BCUT2D eigenvalue weighted by molar-refractivity contribution is 5.68. The second kappa shape index (κ2) is 8.44. The van der Waals surface area contributed by atoms with E-state index in [9.17, 15) is 4.79 Å². The van der Waals surface area contributed by atoms with Crippen molar-refractivity contribution in [1.82, 2.24) is 14.8 Å². The standard InChI is InChI=1S/C20H30N4O3/c25-15-16-4-5-18(14-21-16)22-8-6-19(7-9-22)27-20(26)24-12-10-23(11-13-24)17-2-1-3-17/h4-5,14,17,19,25H,1-3,6-13,15H2. The summed E-state index contributed by atoms with van der Waals surface area (Å²) in [4.78, 5) is 23.4. The minimum Gasteiger partial charge on any atom is -0.446 e. The lowest BCUT2D eigenvalue weighted by atomic mass is 9.91. The number of hydrogen-bond acceptors (Lipinski definition) is 6. The van der Waals surface area contributed by atoms with Gasteiger partial charge in [-0.25, -0.2) is 4.79 Å². The summed E-state index contributed by atoms with van der Waals surface area (Å²) in [6.07, 6.45) is 7.35. The van der Waals surface area contributed by atoms with E-state index in [0.29, 0.717) is 5.69 Å². The molecule has 0 atom stereocenters. The number of carbonyl (C=O) groups excluding carboxylic acids is 1. The van der Waals surface area contributed by atoms with E-state index in [1.54, 1.807) is 6.20 Å². The number of aliphatic hydroxyl groups is 1. The van der Waals surface area contributed by atoms with Gasteiger partial charge in [0, 0.05) is 58.2 Å². The highest BCUT2D eigenvalue weighted by Crippen LogP contribution is 2.26. The lowest BCUT2D eigenvalue weighted by Gasteiger charge is -2.43. The van der Waals surface area contributed by atoms with Crippen LogP contribution in [0.25, 0.3) is 0 Å². The summed E-state index contributed by atoms with van der Waals surface area (Å²) in [5.74, 6) is 0. The van der Waals surface area contributed by atoms with Crippen LogP contribution in [0.15, 0.2) is 18.3 Å². The number of ether oxygens (including phenoxy) is 1. The summed E-state index contributed by atoms with van der Waals surface area (Å²) in [6, 6.07) is 4.60. The monoisotopic (exact) mass is 374 g/mol. The van der Waals surface area contributed by atoms with Crippen LogP contribution in [0.3, 0.4) is 0 Å². The Balaban J connectivity index is 1.20. The van der Waals surface area contributed by atoms with Crippen molar-refractivity contribution >= 4 is 11.8 Å². The van der Waals surface area contributed by atoms with Crippen molar-refractivity contribution in [3.8, 4) is 0 Å². The molecular formula is C20H30N4O3. The molecule has 3 fully saturated rings. The number of pyridine rings is 1. The van der Waals surface area contributed by atoms with Crippen LogP contribution in [0.5, 0.6) is 0 Å². The molecule has 1 amide bonds. The van der Waals surface area contributed by atoms with E-state index < -0.39 is 0 Å². The van der Waals surface area contributed by atoms with E-state index in [0.717, 1.165) is 63.8 Å². The molecule has 3 aliphatic rings. The Morgan fingerprint density at radius 3 is 2.37 bits per heavy atom. The van der Waals surface area contributed by atoms with E-state index in [2.05, 4.69) is 14.8 Å². The number of piperidine rings is 1. The first-order valence-corrected chi connectivity index (χ1v) is 10.2. The predicted molar refractivity (Wildman–Crippen MR) is 103 cm³/mol. The third-order valence-electron chi connectivity index (χ3n) is 6.21. The molecule has 3 heterocycles. The Hall–Kier alpha value is -1.86. The van der Waals surface area contributed by atoms with Gasteiger partial charge in [0.05, 0.1) is 24.2 Å². The molecule has 148 valence electrons. The summed E-state index contributed by atoms with van der Waals surface area (Å²) >= 11 is 0. The summed E-state index contributed by atoms with van der Waals surface area (Å²) in [6.45, 7) is 5.21. The summed E-state index contributed by atoms with van der Waals surface area (Å²) in [5.41, 5.74) is 1.74. The molecule has 1 aliphatic carbocycles. The first-order valence-electron chi connectivity index (χ1n) is 10.2. The molecule has 1 aromatic heterocycles. The summed E-state index contributed by atoms with van der Waals surface area (Å²) in [7, 11) is 0. The maximum absolute atomic E-state index is 12.5. The quantitative estimate of drug-likeness (QED) is 0.867. The molecule has 0 aromatic carbocycles. The fourth-order valence-electron chi connectivity index (χ4n) is 4.17. The van der Waals surface area contributed by atoms with Crippen molar-refractivity contribution in [2.45, 2.75) is 50.9 Å². The lowest BCUT2D eigenvalue weighted by Crippen LogP contribution is -2.54. The molecule has 1 saturated carbocycles. The minimum atomic E-state index is -0.143. The Labute approximate surface area is 160 Å². The SMILES string of the molecule is O=C(OC1CCN(c2ccc(CO)nc2)CC1)N1CCN(C2CCC2)CC1. The smallest absolute Gasteiger partial charge is 0.410 e. The molecule has 2 saturated heterocycles. The number of amides is 1. The molecule has 0 spiro atoms. The molecule has 0 radical (unpaired) electrons. The van der Waals surface area contributed by atoms with Crippen LogP contribution >= 0.6 is 0 Å². The van der Waals surface area contributed by atoms with Gasteiger partial charge < -0.3 is 19.6 Å². The van der Waals surface area contributed by atoms with Gasteiger partial charge in [0.15, 0.2) is 0 Å². The van der Waals surface area contributed by atoms with Crippen molar-refractivity contribution in [1.29, 1.82) is 0 Å². The largest absolute Gasteiger partial charge is 0.446 e. The molecule has 7 heteroatoms. The zero-order valence-electron chi connectivity index (χ0n) is 15.9. The third kappa shape index (κ3) is 4.35. The van der Waals surface area contributed by atoms with Crippen molar-refractivity contribution in [3.63, 3.8) is 0 Å². The van der Waals surface area contributed by atoms with Crippen LogP contribution in [0.4, 0.5) is 10.5 Å². The van der Waals surface area contributed by atoms with Crippen molar-refractivity contribution in [2.24, 2.45) is 0 Å². The molecule has 4 rings (SSSR count). The molecule has 0 bridgehead atoms. The molecule has 2 aliphatic heterocycles. The molecule has 0 unspecified atom stereocenters. The number of anilines is 1. The topological polar surface area (TPSA) is 69.1 Å². The van der Waals surface area contributed by atoms with Gasteiger partial charge in [-0.1, -0.05) is 6.42 Å². The summed E-state index contributed by atoms with van der Waals surface area (Å²) in [5, 5.41) is 9.09. The zero-order valence-corrected chi connectivity index (χ0v) is 15.9. The second-order valence-corrected chi connectivity index (χ2v) is 7.84. The first-order chi connectivity index (χ1) is 13.2. The van der Waals surface area contributed by atoms with Crippen LogP contribution in [-0.2, 0) is 11.3 Å². The van der Waals surface area contributed by atoms with Crippen LogP contribution < -0.4 is 4.90 Å². The molecule has 27 heavy (non-hydrogen) atoms. The number of aliphatic hydroxyl groups excluding tert-OH is 1. The number of hydrogen-bond donors (Lipinski definition) is 1. The van der Waals surface area contributed by atoms with Crippen LogP contribution in [-0.4, -0.2) is 77.4 Å². The van der Waals surface area contributed by atoms with E-state index in [-0.39, 0.29) is 18.8 Å². The van der Waals surface area contributed by atoms with Crippen molar-refractivity contribution in [2.75, 3.05) is 44.2 Å². The van der Waals surface area contributed by atoms with E-state index in [1.165, 1.54) is 19.3 Å². The average Bonchev–Trinajstić information content (AvgIpc) is 2.68. The number of carbonyl (C=O) groups is 1. The normalized spacial score (nSPS) is 22.6. The van der Waals surface area contributed by atoms with E-state index in [4.69, 9.17) is 9.84 Å². The van der Waals surface area contributed by atoms with Crippen LogP contribution in [0, 0.1) is 0 Å². The Morgan fingerprint density at radius 2 is 1.81 bits per heavy atom. The van der Waals surface area contributed by atoms with Crippen molar-refractivity contribution in [3.05, 3.63) is 24.0 Å². The van der Waals surface area contributed by atoms with Gasteiger partial charge in [0.1, 0.15) is 6.10 Å². The van der Waals surface area contributed by atoms with Gasteiger partial charge in [0.25, 0.3) is 0 Å². The molecule has 7 nitrogen and oxygen atoms in total. The van der Waals surface area contributed by atoms with Gasteiger partial charge in [-0.3, -0.25) is 9.88 Å². The first kappa shape index (κ1) is 18.5. The van der Waals surface area contributed by atoms with Crippen LogP contribution in [0.1, 0.15) is 37.8 Å². The predicted octanol–water partition coefficient (Wildman–Crippen LogP) is 1.85. The zero-order chi connectivity index (χ0) is 18.6. The number of aromatic nitrogens is 1. The van der Waals surface area contributed by atoms with Gasteiger partial charge in [-0.15, -0.1) is 0 Å². The van der Waals surface area contributed by atoms with Crippen molar-refractivity contribution < 1.29 is 14.6 Å². The lowest BCUT2D eigenvalue weighted by molar-refractivity contribution is 0.0230. The fraction of sp³-hybridized carbons (Fsp3) is 0.700. The Morgan fingerprint density at radius 1 is 1.07 bits per heavy atom. The number of piperazine rings is 1. The van der Waals surface area contributed by atoms with Crippen LogP contribution in [0.2, 0.25) is 0 Å². The highest BCUT2D eigenvalue weighted by atomic mass is 16.6. The highest BCUT2D eigenvalue weighted by Gasteiger charge is 2.31. The van der Waals surface area contributed by atoms with Gasteiger partial charge in [-0.2, -0.15) is 0 Å². The second-order valence-electron chi connectivity index (χ2n) is 7.84. The van der Waals surface area contributed by atoms with Gasteiger partial charge in [-0.05, 0) is 25.0 Å². The number of rotatable bonds is 4. The fourth-order valence-corrected chi connectivity index (χ4v) is 4.17. The molecule has 1 aromatic rings. The molecular weight excluding hydrogens is 344 g/mol. The minimum absolute atomic E-state index is 0.00286. The van der Waals surface area contributed by atoms with Gasteiger partial charge >= 0.3 is 6.09 Å². The van der Waals surface area contributed by atoms with E-state index in [1.807, 2.05) is 17.0 Å². The summed E-state index contributed by atoms with van der Waals surface area (Å²) < 4.78 is 5.78. The maximum atomic E-state index is 12.5. The third-order valence-corrected chi connectivity index (χ3v) is 6.21. The Bertz CT molecular complexity index is 619. The van der Waals surface area contributed by atoms with Gasteiger partial charge in [0.2, 0.25) is 0 Å². The van der Waals surface area contributed by atoms with E-state index >= 15 is 0 Å².